The van der Waals surface area contributed by atoms with E-state index in [0.29, 0.717) is 24.7 Å². The van der Waals surface area contributed by atoms with Crippen LogP contribution in [0.4, 0.5) is 0 Å². The maximum Gasteiger partial charge on any atom is 0.131 e. The van der Waals surface area contributed by atoms with Crippen molar-refractivity contribution in [3.05, 3.63) is 147 Å². The van der Waals surface area contributed by atoms with Gasteiger partial charge in [-0.2, -0.15) is 0 Å². The van der Waals surface area contributed by atoms with Gasteiger partial charge in [-0.25, -0.2) is 0 Å². The zero-order chi connectivity index (χ0) is 43.5. The van der Waals surface area contributed by atoms with Gasteiger partial charge in [0.1, 0.15) is 23.0 Å². The number of phenolic OH excluding ortho intramolecular Hbond substituents is 2. The third-order valence-electron chi connectivity index (χ3n) is 14.2. The van der Waals surface area contributed by atoms with Gasteiger partial charge in [0.2, 0.25) is 0 Å². The first kappa shape index (κ1) is 42.8. The number of aromatic hydroxyl groups is 2. The van der Waals surface area contributed by atoms with Crippen LogP contribution in [0.5, 0.6) is 23.0 Å². The van der Waals surface area contributed by atoms with Gasteiger partial charge in [0.25, 0.3) is 0 Å². The molecule has 4 heteroatoms. The molecule has 4 nitrogen and oxygen atoms in total. The molecule has 4 aliphatic rings. The highest BCUT2D eigenvalue weighted by molar-refractivity contribution is 5.91. The van der Waals surface area contributed by atoms with Crippen LogP contribution < -0.4 is 9.47 Å². The molecule has 0 amide bonds. The summed E-state index contributed by atoms with van der Waals surface area (Å²) in [6.45, 7) is 11.9. The van der Waals surface area contributed by atoms with Gasteiger partial charge in [0.05, 0.1) is 13.2 Å². The van der Waals surface area contributed by atoms with E-state index in [1.165, 1.54) is 90.3 Å². The molecule has 1 fully saturated rings. The minimum atomic E-state index is 0.0477. The lowest BCUT2D eigenvalue weighted by atomic mass is 9.76. The maximum absolute atomic E-state index is 12.3. The fraction of sp³-hybridized carbons (Fsp3) is 0.390. The first-order valence-corrected chi connectivity index (χ1v) is 24.1. The molecule has 2 N–H and O–H groups in total. The molecule has 326 valence electrons. The molecule has 0 radical (unpaired) electrons. The number of para-hydroxylation sites is 2. The van der Waals surface area contributed by atoms with Gasteiger partial charge in [-0.05, 0) is 214 Å². The lowest BCUT2D eigenvalue weighted by Crippen LogP contribution is -2.17. The van der Waals surface area contributed by atoms with Gasteiger partial charge < -0.3 is 19.7 Å². The Morgan fingerprint density at radius 3 is 1.68 bits per heavy atom. The molecule has 0 spiro atoms. The zero-order valence-corrected chi connectivity index (χ0v) is 38.0. The van der Waals surface area contributed by atoms with E-state index in [9.17, 15) is 10.2 Å². The van der Waals surface area contributed by atoms with Gasteiger partial charge in [-0.15, -0.1) is 0 Å². The fourth-order valence-electron chi connectivity index (χ4n) is 11.0. The summed E-state index contributed by atoms with van der Waals surface area (Å²) >= 11 is 0. The van der Waals surface area contributed by atoms with Crippen molar-refractivity contribution in [3.63, 3.8) is 0 Å². The molecule has 0 heterocycles. The van der Waals surface area contributed by atoms with Crippen LogP contribution in [-0.4, -0.2) is 23.4 Å². The van der Waals surface area contributed by atoms with E-state index in [1.807, 2.05) is 36.4 Å². The van der Waals surface area contributed by atoms with Crippen molar-refractivity contribution < 1.29 is 19.7 Å². The summed E-state index contributed by atoms with van der Waals surface area (Å²) in [5.74, 6) is 2.17. The molecule has 5 aromatic carbocycles. The van der Waals surface area contributed by atoms with Crippen LogP contribution >= 0.6 is 0 Å². The molecule has 5 aromatic rings. The minimum Gasteiger partial charge on any atom is -0.507 e. The molecule has 0 aromatic heterocycles. The van der Waals surface area contributed by atoms with Crippen molar-refractivity contribution in [1.29, 1.82) is 0 Å². The number of ether oxygens (including phenoxy) is 2. The predicted molar refractivity (Wildman–Crippen MR) is 261 cm³/mol. The normalized spacial score (nSPS) is 18.1. The van der Waals surface area contributed by atoms with Gasteiger partial charge in [-0.3, -0.25) is 0 Å². The summed E-state index contributed by atoms with van der Waals surface area (Å²) in [5, 5.41) is 24.6. The van der Waals surface area contributed by atoms with E-state index < -0.39 is 0 Å². The third-order valence-corrected chi connectivity index (χ3v) is 14.2. The first-order chi connectivity index (χ1) is 30.7. The lowest BCUT2D eigenvalue weighted by molar-refractivity contribution is 0.189. The number of rotatable bonds is 10. The Labute approximate surface area is 376 Å². The summed E-state index contributed by atoms with van der Waals surface area (Å²) in [5.41, 5.74) is 19.8. The molecule has 0 saturated heterocycles. The van der Waals surface area contributed by atoms with E-state index in [0.717, 1.165) is 125 Å². The molecule has 63 heavy (non-hydrogen) atoms. The van der Waals surface area contributed by atoms with Crippen LogP contribution in [0.3, 0.4) is 0 Å². The molecule has 4 aliphatic carbocycles. The van der Waals surface area contributed by atoms with Gasteiger partial charge >= 0.3 is 0 Å². The standard InChI is InChI=1S/C59H66O4/c1-38-31-50(58(60)52(33-38)56-41(4)19-7-5-6-8-20-42-21-9-12-24-45(42)56)48-27-15-17-29-54(48)62-36-40(3)37-63-55-30-18-16-28-49(55)51-32-39(2)34-53(59(51)61)57-46-25-13-10-22-43(46)35-44-23-11-14-26-47(44)57/h15-18,20,27-35,40,60-61H,4-14,19,21-26,36-37H2,1-3H3/b42-20-,56-45?. The lowest BCUT2D eigenvalue weighted by Gasteiger charge is -2.28. The summed E-state index contributed by atoms with van der Waals surface area (Å²) in [6.07, 6.45) is 21.9. The Morgan fingerprint density at radius 2 is 1.05 bits per heavy atom. The van der Waals surface area contributed by atoms with Crippen LogP contribution in [-0.2, 0) is 25.7 Å². The van der Waals surface area contributed by atoms with Crippen molar-refractivity contribution in [1.82, 2.24) is 0 Å². The van der Waals surface area contributed by atoms with E-state index in [-0.39, 0.29) is 5.92 Å². The monoisotopic (exact) mass is 838 g/mol. The number of phenols is 2. The van der Waals surface area contributed by atoms with Gasteiger partial charge in [-0.1, -0.05) is 68.5 Å². The smallest absolute Gasteiger partial charge is 0.131 e. The van der Waals surface area contributed by atoms with Gasteiger partial charge in [0.15, 0.2) is 0 Å². The van der Waals surface area contributed by atoms with E-state index in [4.69, 9.17) is 9.47 Å². The number of hydrogen-bond donors (Lipinski definition) is 2. The summed E-state index contributed by atoms with van der Waals surface area (Å²) in [7, 11) is 0. The van der Waals surface area contributed by atoms with Crippen LogP contribution in [0.25, 0.3) is 39.0 Å². The first-order valence-electron chi connectivity index (χ1n) is 24.1. The van der Waals surface area contributed by atoms with Crippen molar-refractivity contribution in [2.75, 3.05) is 13.2 Å². The molecule has 1 saturated carbocycles. The maximum atomic E-state index is 12.3. The molecule has 0 aliphatic heterocycles. The largest absolute Gasteiger partial charge is 0.507 e. The highest BCUT2D eigenvalue weighted by Crippen LogP contribution is 2.49. The average Bonchev–Trinajstić information content (AvgIpc) is 3.30. The summed E-state index contributed by atoms with van der Waals surface area (Å²) < 4.78 is 13.3. The summed E-state index contributed by atoms with van der Waals surface area (Å²) in [4.78, 5) is 0. The number of aryl methyl sites for hydroxylation is 4. The van der Waals surface area contributed by atoms with Crippen molar-refractivity contribution in [2.24, 2.45) is 5.92 Å². The van der Waals surface area contributed by atoms with Crippen LogP contribution in [0, 0.1) is 19.8 Å². The van der Waals surface area contributed by atoms with Crippen LogP contribution in [0.2, 0.25) is 0 Å². The Bertz CT molecular complexity index is 2550. The van der Waals surface area contributed by atoms with E-state index in [1.54, 1.807) is 0 Å². The molecular weight excluding hydrogens is 773 g/mol. The number of allylic oxidation sites excluding steroid dienone is 5. The Kier molecular flexibility index (Phi) is 13.0. The number of fused-ring (bicyclic) bond motifs is 3. The van der Waals surface area contributed by atoms with Gasteiger partial charge in [0, 0.05) is 39.3 Å². The number of hydrogen-bond acceptors (Lipinski definition) is 4. The highest BCUT2D eigenvalue weighted by atomic mass is 16.5. The second-order valence-corrected chi connectivity index (χ2v) is 19.1. The second kappa shape index (κ2) is 19.1. The minimum absolute atomic E-state index is 0.0477. The number of benzene rings is 5. The third kappa shape index (κ3) is 9.01. The molecular formula is C59H66O4. The second-order valence-electron chi connectivity index (χ2n) is 19.1. The van der Waals surface area contributed by atoms with Crippen LogP contribution in [0.1, 0.15) is 129 Å². The Morgan fingerprint density at radius 1 is 0.540 bits per heavy atom. The fourth-order valence-corrected chi connectivity index (χ4v) is 11.0. The zero-order valence-electron chi connectivity index (χ0n) is 38.0. The Hall–Kier alpha value is -5.48. The van der Waals surface area contributed by atoms with Crippen molar-refractivity contribution >= 4 is 5.57 Å². The average molecular weight is 839 g/mol. The molecule has 1 atom stereocenters. The molecule has 9 rings (SSSR count). The topological polar surface area (TPSA) is 58.9 Å². The predicted octanol–water partition coefficient (Wildman–Crippen LogP) is 15.3. The van der Waals surface area contributed by atoms with E-state index >= 15 is 0 Å². The molecule has 1 unspecified atom stereocenters. The highest BCUT2D eigenvalue weighted by Gasteiger charge is 2.28. The quantitative estimate of drug-likeness (QED) is 0.147. The SMILES string of the molecule is C=C1CCCCC/C=C2/CCCCC2=C1c1cc(C)cc(-c2ccccc2OCC(C)COc2ccccc2-c2cc(C)cc(-c3c4c(cc5c3CCCC5)CCCC4)c2O)c1O. The van der Waals surface area contributed by atoms with E-state index in [2.05, 4.69) is 75.9 Å². The van der Waals surface area contributed by atoms with Crippen LogP contribution in [0.15, 0.2) is 108 Å². The Balaban J connectivity index is 0.965. The molecule has 0 bridgehead atoms. The van der Waals surface area contributed by atoms with Crippen molar-refractivity contribution in [2.45, 2.75) is 130 Å². The summed E-state index contributed by atoms with van der Waals surface area (Å²) in [6, 6.07) is 27.3. The van der Waals surface area contributed by atoms with Crippen molar-refractivity contribution in [3.8, 4) is 56.4 Å².